The molecule has 0 spiro atoms. The van der Waals surface area contributed by atoms with E-state index in [4.69, 9.17) is 14.2 Å². The number of carbonyl (C=O) groups excluding carboxylic acids is 2. The number of hydrogen-bond donors (Lipinski definition) is 2. The zero-order valence-corrected chi connectivity index (χ0v) is 27.2. The van der Waals surface area contributed by atoms with Gasteiger partial charge in [-0.05, 0) is 69.6 Å². The van der Waals surface area contributed by atoms with Crippen LogP contribution in [0.4, 0.5) is 20.3 Å². The Morgan fingerprint density at radius 3 is 2.58 bits per heavy atom. The molecule has 48 heavy (non-hydrogen) atoms. The Bertz CT molecular complexity index is 1910. The molecule has 3 saturated heterocycles. The molecule has 7 rings (SSSR count). The van der Waals surface area contributed by atoms with E-state index in [1.165, 1.54) is 31.6 Å². The smallest absolute Gasteiger partial charge is 0.259 e. The van der Waals surface area contributed by atoms with E-state index in [0.29, 0.717) is 67.6 Å². The zero-order chi connectivity index (χ0) is 33.8. The van der Waals surface area contributed by atoms with E-state index in [2.05, 4.69) is 20.6 Å². The highest BCUT2D eigenvalue weighted by Gasteiger charge is 2.60. The number of imidazole rings is 1. The van der Waals surface area contributed by atoms with Crippen molar-refractivity contribution in [3.63, 3.8) is 0 Å². The molecule has 4 aromatic rings. The lowest BCUT2D eigenvalue weighted by molar-refractivity contribution is -0.180. The zero-order valence-electron chi connectivity index (χ0n) is 27.2. The largest absolute Gasteiger partial charge is 0.494 e. The van der Waals surface area contributed by atoms with Crippen LogP contribution < -0.4 is 15.4 Å². The summed E-state index contributed by atoms with van der Waals surface area (Å²) < 4.78 is 48.1. The van der Waals surface area contributed by atoms with Gasteiger partial charge in [-0.15, -0.1) is 0 Å². The van der Waals surface area contributed by atoms with Crippen molar-refractivity contribution < 1.29 is 32.6 Å². The maximum Gasteiger partial charge on any atom is 0.259 e. The Balaban J connectivity index is 1.03. The van der Waals surface area contributed by atoms with Gasteiger partial charge in [0.25, 0.3) is 11.8 Å². The SMILES string of the molecule is COc1ccc(-c2cnc3c(Nc4ccc(C(=O)N5CCN(C(=O)[C@@]67CNCC[C@@H]6OC(C)(C)O7)CC5)c(C)c4)nccn23)c(F)c1F. The number of fused-ring (bicyclic) bond motifs is 2. The normalized spacial score (nSPS) is 22.1. The molecule has 252 valence electrons. The summed E-state index contributed by atoms with van der Waals surface area (Å²) in [6.45, 7) is 8.28. The topological polar surface area (TPSA) is 123 Å². The van der Waals surface area contributed by atoms with Crippen molar-refractivity contribution in [2.75, 3.05) is 51.7 Å². The minimum absolute atomic E-state index is 0.0292. The predicted molar refractivity (Wildman–Crippen MR) is 172 cm³/mol. The number of piperazine rings is 1. The third-order valence-electron chi connectivity index (χ3n) is 9.25. The van der Waals surface area contributed by atoms with Crippen LogP contribution in [0, 0.1) is 18.6 Å². The van der Waals surface area contributed by atoms with Gasteiger partial charge in [0.1, 0.15) is 6.10 Å². The monoisotopic (exact) mass is 661 g/mol. The molecular formula is C34H37F2N7O5. The van der Waals surface area contributed by atoms with E-state index in [-0.39, 0.29) is 29.2 Å². The summed E-state index contributed by atoms with van der Waals surface area (Å²) in [5, 5.41) is 6.53. The molecule has 0 unspecified atom stereocenters. The molecule has 2 amide bonds. The van der Waals surface area contributed by atoms with Gasteiger partial charge in [-0.25, -0.2) is 14.4 Å². The van der Waals surface area contributed by atoms with Crippen LogP contribution in [0.5, 0.6) is 5.75 Å². The molecule has 14 heteroatoms. The Labute approximate surface area is 276 Å². The third-order valence-corrected chi connectivity index (χ3v) is 9.25. The van der Waals surface area contributed by atoms with Crippen LogP contribution >= 0.6 is 0 Å². The summed E-state index contributed by atoms with van der Waals surface area (Å²) in [7, 11) is 1.27. The van der Waals surface area contributed by atoms with E-state index in [0.717, 1.165) is 12.1 Å². The summed E-state index contributed by atoms with van der Waals surface area (Å²) in [4.78, 5) is 39.7. The second-order valence-corrected chi connectivity index (χ2v) is 12.8. The Hall–Kier alpha value is -4.66. The number of nitrogens with one attached hydrogen (secondary N) is 2. The number of aromatic nitrogens is 3. The van der Waals surface area contributed by atoms with Crippen molar-refractivity contribution in [1.82, 2.24) is 29.5 Å². The van der Waals surface area contributed by atoms with Gasteiger partial charge in [0, 0.05) is 61.9 Å². The molecule has 2 atom stereocenters. The average Bonchev–Trinajstić information content (AvgIpc) is 3.64. The van der Waals surface area contributed by atoms with E-state index < -0.39 is 23.0 Å². The van der Waals surface area contributed by atoms with Crippen LogP contribution in [-0.2, 0) is 14.3 Å². The maximum atomic E-state index is 14.9. The first-order valence-electron chi connectivity index (χ1n) is 15.9. The van der Waals surface area contributed by atoms with Crippen molar-refractivity contribution in [3.05, 3.63) is 71.7 Å². The van der Waals surface area contributed by atoms with Crippen molar-refractivity contribution in [1.29, 1.82) is 0 Å². The molecule has 0 aliphatic carbocycles. The Morgan fingerprint density at radius 2 is 1.83 bits per heavy atom. The van der Waals surface area contributed by atoms with Crippen LogP contribution in [0.3, 0.4) is 0 Å². The standard InChI is InChI=1S/C34H37F2N7O5/c1-20-17-21(40-29-30-39-18-24(43(30)12-11-38-29)23-7-8-25(46-4)28(36)27(23)35)5-6-22(20)31(44)41-13-15-42(16-14-41)32(45)34-19-37-10-9-26(34)47-33(2,3)48-34/h5-8,11-12,17-18,26,37H,9-10,13-16,19H2,1-4H3,(H,38,40)/t26-,34+/m0/s1. The molecule has 5 heterocycles. The highest BCUT2D eigenvalue weighted by Crippen LogP contribution is 2.41. The number of aryl methyl sites for hydroxylation is 1. The molecule has 0 saturated carbocycles. The van der Waals surface area contributed by atoms with Gasteiger partial charge >= 0.3 is 0 Å². The van der Waals surface area contributed by atoms with Crippen LogP contribution in [0.1, 0.15) is 36.2 Å². The van der Waals surface area contributed by atoms with Crippen molar-refractivity contribution in [2.45, 2.75) is 44.7 Å². The maximum absolute atomic E-state index is 14.9. The van der Waals surface area contributed by atoms with Crippen LogP contribution in [-0.4, -0.2) is 99.9 Å². The number of amides is 2. The average molecular weight is 662 g/mol. The lowest BCUT2D eigenvalue weighted by Crippen LogP contribution is -2.65. The quantitative estimate of drug-likeness (QED) is 0.317. The molecule has 12 nitrogen and oxygen atoms in total. The van der Waals surface area contributed by atoms with Crippen molar-refractivity contribution in [3.8, 4) is 17.0 Å². The first-order chi connectivity index (χ1) is 23.0. The molecule has 3 aliphatic rings. The Morgan fingerprint density at radius 1 is 1.06 bits per heavy atom. The number of piperidine rings is 1. The first-order valence-corrected chi connectivity index (χ1v) is 15.9. The number of ether oxygens (including phenoxy) is 3. The lowest BCUT2D eigenvalue weighted by atomic mass is 9.89. The number of methoxy groups -OCH3 is 1. The second-order valence-electron chi connectivity index (χ2n) is 12.8. The van der Waals surface area contributed by atoms with Crippen molar-refractivity contribution in [2.24, 2.45) is 0 Å². The van der Waals surface area contributed by atoms with E-state index in [1.54, 1.807) is 32.5 Å². The molecule has 3 aliphatic heterocycles. The fraction of sp³-hybridized carbons (Fsp3) is 0.412. The fourth-order valence-corrected chi connectivity index (χ4v) is 6.94. The van der Waals surface area contributed by atoms with Gasteiger partial charge in [-0.1, -0.05) is 0 Å². The summed E-state index contributed by atoms with van der Waals surface area (Å²) in [5.41, 5.74) is 1.69. The minimum Gasteiger partial charge on any atom is -0.494 e. The minimum atomic E-state index is -1.08. The summed E-state index contributed by atoms with van der Waals surface area (Å²) in [5.74, 6) is -2.97. The molecule has 0 bridgehead atoms. The molecule has 0 radical (unpaired) electrons. The number of rotatable bonds is 6. The van der Waals surface area contributed by atoms with Crippen molar-refractivity contribution >= 4 is 29.0 Å². The highest BCUT2D eigenvalue weighted by atomic mass is 19.2. The van der Waals surface area contributed by atoms with Gasteiger partial charge in [0.2, 0.25) is 5.82 Å². The number of carbonyl (C=O) groups is 2. The van der Waals surface area contributed by atoms with E-state index >= 15 is 0 Å². The summed E-state index contributed by atoms with van der Waals surface area (Å²) in [6, 6.07) is 8.18. The molecule has 2 aromatic heterocycles. The van der Waals surface area contributed by atoms with Gasteiger partial charge in [0.05, 0.1) is 19.0 Å². The van der Waals surface area contributed by atoms with Gasteiger partial charge in [-0.3, -0.25) is 14.0 Å². The lowest BCUT2D eigenvalue weighted by Gasteiger charge is -2.42. The summed E-state index contributed by atoms with van der Waals surface area (Å²) in [6.07, 6.45) is 4.98. The van der Waals surface area contributed by atoms with Gasteiger partial charge in [-0.2, -0.15) is 4.39 Å². The predicted octanol–water partition coefficient (Wildman–Crippen LogP) is 3.90. The van der Waals surface area contributed by atoms with Crippen LogP contribution in [0.25, 0.3) is 16.9 Å². The number of benzene rings is 2. The molecular weight excluding hydrogens is 624 g/mol. The third kappa shape index (κ3) is 5.43. The molecule has 2 N–H and O–H groups in total. The van der Waals surface area contributed by atoms with Crippen LogP contribution in [0.2, 0.25) is 0 Å². The number of anilines is 2. The number of halogens is 2. The molecule has 3 fully saturated rings. The highest BCUT2D eigenvalue weighted by molar-refractivity contribution is 5.96. The Kier molecular flexibility index (Phi) is 8.04. The van der Waals surface area contributed by atoms with Crippen LogP contribution in [0.15, 0.2) is 48.9 Å². The van der Waals surface area contributed by atoms with E-state index in [9.17, 15) is 18.4 Å². The second kappa shape index (κ2) is 12.1. The summed E-state index contributed by atoms with van der Waals surface area (Å²) >= 11 is 0. The van der Waals surface area contributed by atoms with Gasteiger partial charge < -0.3 is 34.6 Å². The number of hydrogen-bond acceptors (Lipinski definition) is 9. The van der Waals surface area contributed by atoms with E-state index in [1.807, 2.05) is 26.8 Å². The van der Waals surface area contributed by atoms with Gasteiger partial charge in [0.15, 0.2) is 34.4 Å². The number of nitrogens with zero attached hydrogens (tertiary/aromatic N) is 5. The molecule has 2 aromatic carbocycles. The first kappa shape index (κ1) is 31.9. The fourth-order valence-electron chi connectivity index (χ4n) is 6.94.